The molecular formula is C48H80N6O21. The maximum Gasteiger partial charge on any atom is 0.407 e. The second-order valence-corrected chi connectivity index (χ2v) is 18.7. The van der Waals surface area contributed by atoms with Crippen molar-refractivity contribution in [1.29, 1.82) is 0 Å². The minimum absolute atomic E-state index is 0.0642. The molecule has 3 aliphatic heterocycles. The molecule has 428 valence electrons. The van der Waals surface area contributed by atoms with Gasteiger partial charge in [-0.1, -0.05) is 36.8 Å². The van der Waals surface area contributed by atoms with Gasteiger partial charge in [0.05, 0.1) is 57.3 Å². The van der Waals surface area contributed by atoms with Crippen molar-refractivity contribution in [3.05, 3.63) is 35.9 Å². The van der Waals surface area contributed by atoms with Crippen LogP contribution < -0.4 is 26.6 Å². The fourth-order valence-electron chi connectivity index (χ4n) is 8.22. The van der Waals surface area contributed by atoms with Crippen LogP contribution in [0, 0.1) is 0 Å². The average Bonchev–Trinajstić information content (AvgIpc) is 3.39. The fourth-order valence-corrected chi connectivity index (χ4v) is 8.22. The van der Waals surface area contributed by atoms with Crippen LogP contribution in [0.1, 0.15) is 71.3 Å². The molecule has 3 fully saturated rings. The second kappa shape index (κ2) is 33.1. The van der Waals surface area contributed by atoms with Gasteiger partial charge in [-0.2, -0.15) is 0 Å². The second-order valence-electron chi connectivity index (χ2n) is 18.7. The van der Waals surface area contributed by atoms with E-state index in [2.05, 4.69) is 26.6 Å². The van der Waals surface area contributed by atoms with Crippen LogP contribution in [-0.4, -0.2) is 244 Å². The standard InChI is InChI=1S/C48H80N6O21/c1-27-35(58)38(61)41(64)45(73-27)69-21-18-50-33(56)24-54(25-34(57)51-19-22-70-46-42(65)39(62)36(59)28(2)74-46)31(44(67)52-20-23-71-47-43(66)40(63)37(60)29(3)75-47)14-9-11-16-49-32(55)15-8-5-10-17-53-48(68)72-26-30-12-6-4-7-13-30/h4,6-7,12-13,27-29,31,35-43,45-47,58-66H,5,8-11,14-26H2,1-3H3,(H,49,55)(H,50,56)(H,51,57)(H,52,67)(H,53,68)/t27-,28-,29-,31-,35+,36+,37+,38+,39+,40+,41-,42-,43-,45+,46+,47+/m0/s1. The molecule has 75 heavy (non-hydrogen) atoms. The molecule has 0 spiro atoms. The molecule has 1 aromatic rings. The van der Waals surface area contributed by atoms with Crippen LogP contribution in [0.25, 0.3) is 0 Å². The summed E-state index contributed by atoms with van der Waals surface area (Å²) in [5.41, 5.74) is 0.864. The van der Waals surface area contributed by atoms with Crippen molar-refractivity contribution in [3.8, 4) is 0 Å². The van der Waals surface area contributed by atoms with Gasteiger partial charge in [-0.15, -0.1) is 0 Å². The molecule has 0 radical (unpaired) electrons. The van der Waals surface area contributed by atoms with E-state index in [9.17, 15) is 69.9 Å². The van der Waals surface area contributed by atoms with Crippen LogP contribution in [-0.2, 0) is 58.9 Å². The van der Waals surface area contributed by atoms with Crippen LogP contribution in [0.4, 0.5) is 4.79 Å². The Morgan fingerprint density at radius 3 is 1.41 bits per heavy atom. The van der Waals surface area contributed by atoms with Crippen molar-refractivity contribution < 1.29 is 103 Å². The molecule has 0 bridgehead atoms. The van der Waals surface area contributed by atoms with Gasteiger partial charge in [-0.25, -0.2) is 4.79 Å². The van der Waals surface area contributed by atoms with E-state index in [1.807, 2.05) is 30.3 Å². The van der Waals surface area contributed by atoms with Gasteiger partial charge in [0.1, 0.15) is 61.5 Å². The monoisotopic (exact) mass is 1080 g/mol. The third kappa shape index (κ3) is 21.2. The summed E-state index contributed by atoms with van der Waals surface area (Å²) in [7, 11) is 0. The molecule has 1 aromatic carbocycles. The third-order valence-electron chi connectivity index (χ3n) is 12.7. The first kappa shape index (κ1) is 63.3. The number of unbranched alkanes of at least 4 members (excludes halogenated alkanes) is 3. The van der Waals surface area contributed by atoms with E-state index in [0.717, 1.165) is 5.56 Å². The molecule has 27 nitrogen and oxygen atoms in total. The largest absolute Gasteiger partial charge is 0.445 e. The number of hydrogen-bond acceptors (Lipinski definition) is 22. The van der Waals surface area contributed by atoms with Crippen molar-refractivity contribution in [3.63, 3.8) is 0 Å². The molecule has 14 N–H and O–H groups in total. The van der Waals surface area contributed by atoms with Crippen LogP contribution in [0.2, 0.25) is 0 Å². The number of nitrogens with one attached hydrogen (secondary N) is 5. The zero-order chi connectivity index (χ0) is 55.0. The average molecular weight is 1080 g/mol. The number of amides is 5. The topological polar surface area (TPSA) is 395 Å². The molecule has 0 saturated carbocycles. The first-order chi connectivity index (χ1) is 35.8. The Balaban J connectivity index is 1.34. The van der Waals surface area contributed by atoms with Crippen LogP contribution in [0.15, 0.2) is 30.3 Å². The molecular weight excluding hydrogens is 997 g/mol. The van der Waals surface area contributed by atoms with Crippen LogP contribution in [0.3, 0.4) is 0 Å². The quantitative estimate of drug-likeness (QED) is 0.0311. The van der Waals surface area contributed by atoms with Gasteiger partial charge in [-0.3, -0.25) is 24.1 Å². The number of benzene rings is 1. The molecule has 0 unspecified atom stereocenters. The van der Waals surface area contributed by atoms with Crippen molar-refractivity contribution in [2.75, 3.05) is 65.6 Å². The number of hydrogen-bond donors (Lipinski definition) is 14. The number of alkyl carbamates (subject to hydrolysis) is 1. The Hall–Kier alpha value is -4.27. The van der Waals surface area contributed by atoms with Crippen molar-refractivity contribution in [2.24, 2.45) is 0 Å². The number of ether oxygens (including phenoxy) is 7. The number of nitrogens with zero attached hydrogens (tertiary/aromatic N) is 1. The Kier molecular flexibility index (Phi) is 27.9. The van der Waals surface area contributed by atoms with E-state index < -0.39 is 135 Å². The number of carbonyl (C=O) groups excluding carboxylic acids is 5. The minimum atomic E-state index is -1.60. The van der Waals surface area contributed by atoms with E-state index in [1.54, 1.807) is 0 Å². The van der Waals surface area contributed by atoms with E-state index >= 15 is 0 Å². The van der Waals surface area contributed by atoms with E-state index in [-0.39, 0.29) is 71.4 Å². The Labute approximate surface area is 435 Å². The van der Waals surface area contributed by atoms with Gasteiger partial charge in [0.2, 0.25) is 23.6 Å². The summed E-state index contributed by atoms with van der Waals surface area (Å²) < 4.78 is 38.1. The highest BCUT2D eigenvalue weighted by Crippen LogP contribution is 2.24. The number of rotatable bonds is 31. The van der Waals surface area contributed by atoms with E-state index in [0.29, 0.717) is 38.6 Å². The van der Waals surface area contributed by atoms with Gasteiger partial charge in [0.15, 0.2) is 18.9 Å². The zero-order valence-corrected chi connectivity index (χ0v) is 42.7. The summed E-state index contributed by atoms with van der Waals surface area (Å²) in [6.07, 6.45) is -17.8. The van der Waals surface area contributed by atoms with Gasteiger partial charge in [-0.05, 0) is 58.4 Å². The lowest BCUT2D eigenvalue weighted by atomic mass is 10.0. The lowest BCUT2D eigenvalue weighted by Crippen LogP contribution is -2.58. The first-order valence-corrected chi connectivity index (χ1v) is 25.5. The first-order valence-electron chi connectivity index (χ1n) is 25.5. The molecule has 4 rings (SSSR count). The predicted molar refractivity (Wildman–Crippen MR) is 259 cm³/mol. The molecule has 16 atom stereocenters. The smallest absolute Gasteiger partial charge is 0.407 e. The minimum Gasteiger partial charge on any atom is -0.445 e. The highest BCUT2D eigenvalue weighted by atomic mass is 16.7. The molecule has 3 aliphatic rings. The molecule has 0 aliphatic carbocycles. The van der Waals surface area contributed by atoms with Gasteiger partial charge >= 0.3 is 6.09 Å². The summed E-state index contributed by atoms with van der Waals surface area (Å²) in [4.78, 5) is 67.1. The van der Waals surface area contributed by atoms with Crippen LogP contribution in [0.5, 0.6) is 0 Å². The lowest BCUT2D eigenvalue weighted by molar-refractivity contribution is -0.292. The summed E-state index contributed by atoms with van der Waals surface area (Å²) in [6, 6.07) is 8.10. The van der Waals surface area contributed by atoms with Gasteiger partial charge in [0, 0.05) is 39.1 Å². The van der Waals surface area contributed by atoms with Crippen molar-refractivity contribution in [1.82, 2.24) is 31.5 Å². The SMILES string of the molecule is C[C@@H]1O[C@@H](OCCNC(=O)CN(CC(=O)NCCO[C@@H]2O[C@@H](C)[C@@H](O)[C@@H](O)[C@@H]2O)[C@@H](CCCCNC(=O)CCCCCNC(=O)OCc2ccccc2)C(=O)NCCO[C@@H]2O[C@@H](C)[C@@H](O)[C@@H](O)[C@@H]2O)[C@@H](O)[C@H](O)[C@@H]1O. The normalized spacial score (nSPS) is 30.2. The lowest BCUT2D eigenvalue weighted by Gasteiger charge is -2.39. The molecule has 0 aromatic heterocycles. The van der Waals surface area contributed by atoms with Gasteiger partial charge < -0.3 is 106 Å². The number of aliphatic hydroxyl groups excluding tert-OH is 9. The van der Waals surface area contributed by atoms with Crippen molar-refractivity contribution in [2.45, 2.75) is 170 Å². The number of carbonyl (C=O) groups is 5. The Morgan fingerprint density at radius 2 is 0.933 bits per heavy atom. The maximum absolute atomic E-state index is 14.1. The summed E-state index contributed by atoms with van der Waals surface area (Å²) >= 11 is 0. The highest BCUT2D eigenvalue weighted by molar-refractivity contribution is 5.86. The summed E-state index contributed by atoms with van der Waals surface area (Å²) in [5, 5.41) is 105. The molecule has 27 heteroatoms. The maximum atomic E-state index is 14.1. The van der Waals surface area contributed by atoms with Crippen molar-refractivity contribution >= 4 is 29.7 Å². The van der Waals surface area contributed by atoms with E-state index in [1.165, 1.54) is 25.7 Å². The predicted octanol–water partition coefficient (Wildman–Crippen LogP) is -4.69. The molecule has 5 amide bonds. The van der Waals surface area contributed by atoms with E-state index in [4.69, 9.17) is 33.2 Å². The van der Waals surface area contributed by atoms with Crippen LogP contribution >= 0.6 is 0 Å². The molecule has 3 heterocycles. The zero-order valence-electron chi connectivity index (χ0n) is 42.7. The summed E-state index contributed by atoms with van der Waals surface area (Å²) in [6.45, 7) is 3.02. The third-order valence-corrected chi connectivity index (χ3v) is 12.7. The number of aliphatic hydroxyl groups is 9. The molecule has 3 saturated heterocycles. The van der Waals surface area contributed by atoms with Gasteiger partial charge in [0.25, 0.3) is 0 Å². The Bertz CT molecular complexity index is 1810. The Morgan fingerprint density at radius 1 is 0.507 bits per heavy atom. The fraction of sp³-hybridized carbons (Fsp3) is 0.771. The highest BCUT2D eigenvalue weighted by Gasteiger charge is 2.44. The summed E-state index contributed by atoms with van der Waals surface area (Å²) in [5.74, 6) is -2.16.